The van der Waals surface area contributed by atoms with Crippen molar-refractivity contribution in [2.24, 2.45) is 0 Å². The zero-order valence-corrected chi connectivity index (χ0v) is 14.6. The molecule has 0 aromatic heterocycles. The van der Waals surface area contributed by atoms with Crippen molar-refractivity contribution in [3.05, 3.63) is 35.6 Å². The lowest BCUT2D eigenvalue weighted by Crippen LogP contribution is -2.48. The average molecular weight is 329 g/mol. The van der Waals surface area contributed by atoms with Crippen molar-refractivity contribution in [1.29, 1.82) is 0 Å². The summed E-state index contributed by atoms with van der Waals surface area (Å²) in [7, 11) is -1.46. The van der Waals surface area contributed by atoms with E-state index in [1.165, 1.54) is 6.07 Å². The molecule has 6 heteroatoms. The zero-order valence-electron chi connectivity index (χ0n) is 13.7. The predicted octanol–water partition coefficient (Wildman–Crippen LogP) is 3.05. The van der Waals surface area contributed by atoms with E-state index in [1.807, 2.05) is 20.8 Å². The standard InChI is InChI=1S/C16H24FNO3S/c1-6-21-14(19)11-16(5,18-22(20)15(2,3)4)12-9-7-8-10-13(12)17/h7-10,18H,6,11H2,1-5H3/t16-,22+/m0/s1. The van der Waals surface area contributed by atoms with E-state index >= 15 is 0 Å². The number of hydrogen-bond donors (Lipinski definition) is 1. The van der Waals surface area contributed by atoms with Gasteiger partial charge in [0, 0.05) is 5.56 Å². The minimum absolute atomic E-state index is 0.108. The maximum atomic E-state index is 14.2. The fourth-order valence-corrected chi connectivity index (χ4v) is 2.85. The number of ether oxygens (including phenoxy) is 1. The Labute approximate surface area is 134 Å². The van der Waals surface area contributed by atoms with E-state index in [0.717, 1.165) is 0 Å². The van der Waals surface area contributed by atoms with Gasteiger partial charge in [0.25, 0.3) is 0 Å². The van der Waals surface area contributed by atoms with Crippen molar-refractivity contribution in [3.63, 3.8) is 0 Å². The van der Waals surface area contributed by atoms with E-state index in [0.29, 0.717) is 5.56 Å². The van der Waals surface area contributed by atoms with Crippen LogP contribution in [0.2, 0.25) is 0 Å². The van der Waals surface area contributed by atoms with Crippen LogP contribution in [0.1, 0.15) is 46.6 Å². The molecule has 0 bridgehead atoms. The Bertz CT molecular complexity index is 557. The van der Waals surface area contributed by atoms with Crippen molar-refractivity contribution >= 4 is 17.0 Å². The summed E-state index contributed by atoms with van der Waals surface area (Å²) in [6.45, 7) is 9.03. The van der Waals surface area contributed by atoms with Crippen molar-refractivity contribution in [1.82, 2.24) is 4.72 Å². The van der Waals surface area contributed by atoms with Crippen LogP contribution in [-0.4, -0.2) is 21.5 Å². The monoisotopic (exact) mass is 329 g/mol. The van der Waals surface area contributed by atoms with Crippen LogP contribution in [0.15, 0.2) is 24.3 Å². The number of halogens is 1. The second kappa shape index (κ2) is 7.33. The third-order valence-corrected chi connectivity index (χ3v) is 4.89. The smallest absolute Gasteiger partial charge is 0.308 e. The van der Waals surface area contributed by atoms with Crippen LogP contribution in [0.5, 0.6) is 0 Å². The fraction of sp³-hybridized carbons (Fsp3) is 0.562. The maximum Gasteiger partial charge on any atom is 0.308 e. The maximum absolute atomic E-state index is 14.2. The molecule has 0 amide bonds. The number of hydrogen-bond acceptors (Lipinski definition) is 3. The van der Waals surface area contributed by atoms with E-state index in [2.05, 4.69) is 4.72 Å². The third kappa shape index (κ3) is 4.88. The summed E-state index contributed by atoms with van der Waals surface area (Å²) in [6, 6.07) is 6.16. The summed E-state index contributed by atoms with van der Waals surface area (Å²) in [5.74, 6) is -0.917. The Morgan fingerprint density at radius 1 is 1.27 bits per heavy atom. The van der Waals surface area contributed by atoms with Gasteiger partial charge in [-0.2, -0.15) is 0 Å². The molecule has 1 rings (SSSR count). The number of benzene rings is 1. The molecule has 0 aliphatic heterocycles. The lowest BCUT2D eigenvalue weighted by molar-refractivity contribution is -0.144. The molecule has 4 nitrogen and oxygen atoms in total. The van der Waals surface area contributed by atoms with E-state index in [9.17, 15) is 13.4 Å². The zero-order chi connectivity index (χ0) is 17.0. The molecular weight excluding hydrogens is 305 g/mol. The molecule has 1 N–H and O–H groups in total. The number of carbonyl (C=O) groups excluding carboxylic acids is 1. The van der Waals surface area contributed by atoms with Crippen LogP contribution in [-0.2, 0) is 26.1 Å². The first-order valence-corrected chi connectivity index (χ1v) is 8.35. The molecule has 0 aliphatic rings. The van der Waals surface area contributed by atoms with Crippen molar-refractivity contribution < 1.29 is 18.1 Å². The van der Waals surface area contributed by atoms with Gasteiger partial charge in [0.05, 0.1) is 34.3 Å². The number of rotatable bonds is 6. The third-order valence-electron chi connectivity index (χ3n) is 3.15. The molecule has 0 unspecified atom stereocenters. The highest BCUT2D eigenvalue weighted by Gasteiger charge is 2.36. The Balaban J connectivity index is 3.18. The molecule has 1 aromatic carbocycles. The summed E-state index contributed by atoms with van der Waals surface area (Å²) in [5.41, 5.74) is -0.823. The van der Waals surface area contributed by atoms with Gasteiger partial charge in [-0.25, -0.2) is 13.3 Å². The summed E-state index contributed by atoms with van der Waals surface area (Å²) in [5, 5.41) is 0. The normalized spacial score (nSPS) is 15.9. The molecule has 2 atom stereocenters. The van der Waals surface area contributed by atoms with Gasteiger partial charge in [-0.1, -0.05) is 18.2 Å². The first-order chi connectivity index (χ1) is 10.1. The number of esters is 1. The molecule has 0 spiro atoms. The summed E-state index contributed by atoms with van der Waals surface area (Å²) < 4.78 is 33.9. The molecule has 0 fully saturated rings. The van der Waals surface area contributed by atoms with E-state index in [-0.39, 0.29) is 13.0 Å². The first-order valence-electron chi connectivity index (χ1n) is 7.20. The van der Waals surface area contributed by atoms with Crippen LogP contribution in [0.25, 0.3) is 0 Å². The van der Waals surface area contributed by atoms with Crippen molar-refractivity contribution in [3.8, 4) is 0 Å². The first kappa shape index (κ1) is 18.8. The second-order valence-corrected chi connectivity index (χ2v) is 8.24. The van der Waals surface area contributed by atoms with Crippen LogP contribution < -0.4 is 4.72 Å². The van der Waals surface area contributed by atoms with Gasteiger partial charge in [-0.05, 0) is 40.7 Å². The van der Waals surface area contributed by atoms with Crippen LogP contribution in [0, 0.1) is 5.82 Å². The molecular formula is C16H24FNO3S. The fourth-order valence-electron chi connectivity index (χ4n) is 1.95. The molecule has 0 saturated heterocycles. The van der Waals surface area contributed by atoms with E-state index in [4.69, 9.17) is 4.74 Å². The molecule has 1 aromatic rings. The largest absolute Gasteiger partial charge is 0.466 e. The van der Waals surface area contributed by atoms with Gasteiger partial charge in [-0.15, -0.1) is 0 Å². The lowest BCUT2D eigenvalue weighted by Gasteiger charge is -2.33. The van der Waals surface area contributed by atoms with Gasteiger partial charge in [0.15, 0.2) is 0 Å². The Morgan fingerprint density at radius 3 is 2.36 bits per heavy atom. The highest BCUT2D eigenvalue weighted by atomic mass is 32.2. The summed E-state index contributed by atoms with van der Waals surface area (Å²) in [6.07, 6.45) is -0.108. The molecule has 0 saturated carbocycles. The Hall–Kier alpha value is -1.27. The number of carbonyl (C=O) groups is 1. The van der Waals surface area contributed by atoms with Gasteiger partial charge < -0.3 is 4.74 Å². The molecule has 124 valence electrons. The second-order valence-electron chi connectivity index (χ2n) is 6.28. The molecule has 0 heterocycles. The highest BCUT2D eigenvalue weighted by Crippen LogP contribution is 2.29. The van der Waals surface area contributed by atoms with Crippen molar-refractivity contribution in [2.75, 3.05) is 6.61 Å². The minimum atomic E-state index is -1.46. The summed E-state index contributed by atoms with van der Waals surface area (Å²) in [4.78, 5) is 11.9. The van der Waals surface area contributed by atoms with Gasteiger partial charge in [-0.3, -0.25) is 4.79 Å². The quantitative estimate of drug-likeness (QED) is 0.816. The lowest BCUT2D eigenvalue weighted by atomic mass is 9.89. The van der Waals surface area contributed by atoms with Gasteiger partial charge in [0.1, 0.15) is 5.82 Å². The Morgan fingerprint density at radius 2 is 1.86 bits per heavy atom. The van der Waals surface area contributed by atoms with Crippen LogP contribution in [0.3, 0.4) is 0 Å². The Kier molecular flexibility index (Phi) is 6.26. The molecule has 0 radical (unpaired) electrons. The van der Waals surface area contributed by atoms with E-state index < -0.39 is 33.1 Å². The van der Waals surface area contributed by atoms with Gasteiger partial charge in [0.2, 0.25) is 0 Å². The highest BCUT2D eigenvalue weighted by molar-refractivity contribution is 7.84. The summed E-state index contributed by atoms with van der Waals surface area (Å²) >= 11 is 0. The average Bonchev–Trinajstić information content (AvgIpc) is 2.37. The molecule has 22 heavy (non-hydrogen) atoms. The van der Waals surface area contributed by atoms with E-state index in [1.54, 1.807) is 32.0 Å². The predicted molar refractivity (Wildman–Crippen MR) is 86.0 cm³/mol. The SMILES string of the molecule is CCOC(=O)C[C@](C)(N[S@](=O)C(C)(C)C)c1ccccc1F. The number of nitrogens with one attached hydrogen (secondary N) is 1. The van der Waals surface area contributed by atoms with Crippen LogP contribution in [0.4, 0.5) is 4.39 Å². The topological polar surface area (TPSA) is 55.4 Å². The van der Waals surface area contributed by atoms with Crippen molar-refractivity contribution in [2.45, 2.75) is 51.3 Å². The minimum Gasteiger partial charge on any atom is -0.466 e. The van der Waals surface area contributed by atoms with Crippen LogP contribution >= 0.6 is 0 Å². The van der Waals surface area contributed by atoms with Gasteiger partial charge >= 0.3 is 5.97 Å². The molecule has 0 aliphatic carbocycles.